The maximum Gasteiger partial charge on any atom is 0.242 e. The smallest absolute Gasteiger partial charge is 0.210 e. The minimum absolute atomic E-state index is 0.0800. The van der Waals surface area contributed by atoms with Gasteiger partial charge in [-0.25, -0.2) is 8.78 Å². The van der Waals surface area contributed by atoms with Gasteiger partial charge < -0.3 is 0 Å². The summed E-state index contributed by atoms with van der Waals surface area (Å²) in [6, 6.07) is 9.39. The zero-order chi connectivity index (χ0) is 19.1. The topological polar surface area (TPSA) is 0 Å². The van der Waals surface area contributed by atoms with E-state index in [9.17, 15) is 8.78 Å². The molecule has 2 aliphatic rings. The van der Waals surface area contributed by atoms with Crippen LogP contribution in [0.1, 0.15) is 88.2 Å². The van der Waals surface area contributed by atoms with Crippen molar-refractivity contribution in [3.8, 4) is 0 Å². The van der Waals surface area contributed by atoms with Gasteiger partial charge in [0.15, 0.2) is 0 Å². The highest BCUT2D eigenvalue weighted by Gasteiger charge is 2.30. The van der Waals surface area contributed by atoms with Gasteiger partial charge in [-0.2, -0.15) is 0 Å². The van der Waals surface area contributed by atoms with Crippen LogP contribution in [0.5, 0.6) is 0 Å². The molecule has 2 heteroatoms. The maximum absolute atomic E-state index is 12.3. The molecule has 0 spiro atoms. The molecular formula is C25H36F2. The lowest BCUT2D eigenvalue weighted by Gasteiger charge is -2.37. The van der Waals surface area contributed by atoms with E-state index in [0.717, 1.165) is 17.8 Å². The summed E-state index contributed by atoms with van der Waals surface area (Å²) in [5.74, 6) is 3.06. The molecule has 0 unspecified atom stereocenters. The summed E-state index contributed by atoms with van der Waals surface area (Å²) in [6.45, 7) is 2.24. The van der Waals surface area contributed by atoms with Gasteiger partial charge in [-0.15, -0.1) is 0 Å². The van der Waals surface area contributed by atoms with Gasteiger partial charge in [0.25, 0.3) is 0 Å². The third kappa shape index (κ3) is 6.16. The average molecular weight is 375 g/mol. The van der Waals surface area contributed by atoms with E-state index < -0.39 is 6.43 Å². The zero-order valence-corrected chi connectivity index (χ0v) is 16.9. The van der Waals surface area contributed by atoms with Crippen LogP contribution in [0.4, 0.5) is 8.78 Å². The van der Waals surface area contributed by atoms with E-state index in [1.54, 1.807) is 11.6 Å². The number of allylic oxidation sites excluding steroid dienone is 2. The largest absolute Gasteiger partial charge is 0.242 e. The summed E-state index contributed by atoms with van der Waals surface area (Å²) in [7, 11) is 0. The Balaban J connectivity index is 1.41. The molecule has 0 heterocycles. The van der Waals surface area contributed by atoms with Crippen molar-refractivity contribution in [2.45, 2.75) is 89.9 Å². The van der Waals surface area contributed by atoms with Gasteiger partial charge in [-0.05, 0) is 92.6 Å². The summed E-state index contributed by atoms with van der Waals surface area (Å²) >= 11 is 0. The second-order valence-electron chi connectivity index (χ2n) is 8.83. The van der Waals surface area contributed by atoms with Crippen LogP contribution in [0.3, 0.4) is 0 Å². The molecule has 0 saturated heterocycles. The van der Waals surface area contributed by atoms with Gasteiger partial charge in [0.1, 0.15) is 0 Å². The van der Waals surface area contributed by atoms with E-state index >= 15 is 0 Å². The van der Waals surface area contributed by atoms with Crippen LogP contribution in [0.15, 0.2) is 36.4 Å². The van der Waals surface area contributed by atoms with Gasteiger partial charge in [-0.1, -0.05) is 49.8 Å². The Morgan fingerprint density at radius 1 is 0.889 bits per heavy atom. The molecule has 0 radical (unpaired) electrons. The quantitative estimate of drug-likeness (QED) is 0.425. The monoisotopic (exact) mass is 374 g/mol. The molecule has 0 nitrogen and oxygen atoms in total. The molecule has 3 rings (SSSR count). The van der Waals surface area contributed by atoms with Crippen molar-refractivity contribution in [3.05, 3.63) is 47.5 Å². The van der Waals surface area contributed by atoms with Crippen molar-refractivity contribution in [2.75, 3.05) is 0 Å². The lowest BCUT2D eigenvalue weighted by Crippen LogP contribution is -2.25. The molecule has 0 N–H and O–H groups in total. The van der Waals surface area contributed by atoms with E-state index in [0.29, 0.717) is 5.92 Å². The highest BCUT2D eigenvalue weighted by Crippen LogP contribution is 2.44. The first-order valence-electron chi connectivity index (χ1n) is 11.2. The SMILES string of the molecule is CCCc1ccc(C2CCC(C3CCC(C=CCC(F)F)CC3)CC2)cc1. The number of hydrogen-bond donors (Lipinski definition) is 0. The van der Waals surface area contributed by atoms with Gasteiger partial charge in [-0.3, -0.25) is 0 Å². The standard InChI is InChI=1S/C25H36F2/c1-2-4-19-7-11-21(12-8-19)23-15-17-24(18-16-23)22-13-9-20(10-14-22)5-3-6-25(26)27/h3,5,7-8,11-12,20,22-25H,2,4,6,9-10,13-18H2,1H3. The average Bonchev–Trinajstić information content (AvgIpc) is 2.69. The van der Waals surface area contributed by atoms with Crippen molar-refractivity contribution >= 4 is 0 Å². The molecule has 0 amide bonds. The van der Waals surface area contributed by atoms with Crippen molar-refractivity contribution in [1.82, 2.24) is 0 Å². The molecule has 2 aliphatic carbocycles. The summed E-state index contributed by atoms with van der Waals surface area (Å²) in [5.41, 5.74) is 3.01. The van der Waals surface area contributed by atoms with Gasteiger partial charge in [0.05, 0.1) is 0 Å². The van der Waals surface area contributed by atoms with Crippen molar-refractivity contribution in [2.24, 2.45) is 17.8 Å². The van der Waals surface area contributed by atoms with Gasteiger partial charge in [0, 0.05) is 6.42 Å². The Bertz CT molecular complexity index is 558. The second kappa shape index (κ2) is 10.4. The lowest BCUT2D eigenvalue weighted by atomic mass is 9.68. The number of hydrogen-bond acceptors (Lipinski definition) is 0. The fourth-order valence-corrected chi connectivity index (χ4v) is 5.35. The summed E-state index contributed by atoms with van der Waals surface area (Å²) in [4.78, 5) is 0. The van der Waals surface area contributed by atoms with Crippen LogP contribution in [0.2, 0.25) is 0 Å². The molecule has 150 valence electrons. The van der Waals surface area contributed by atoms with Crippen molar-refractivity contribution in [3.63, 3.8) is 0 Å². The Hall–Kier alpha value is -1.18. The highest BCUT2D eigenvalue weighted by molar-refractivity contribution is 5.26. The number of aryl methyl sites for hydroxylation is 1. The predicted octanol–water partition coefficient (Wildman–Crippen LogP) is 7.93. The molecule has 0 aromatic heterocycles. The lowest BCUT2D eigenvalue weighted by molar-refractivity contribution is 0.151. The van der Waals surface area contributed by atoms with E-state index in [1.165, 1.54) is 69.8 Å². The fourth-order valence-electron chi connectivity index (χ4n) is 5.35. The van der Waals surface area contributed by atoms with E-state index in [-0.39, 0.29) is 6.42 Å². The molecule has 2 saturated carbocycles. The zero-order valence-electron chi connectivity index (χ0n) is 16.9. The summed E-state index contributed by atoms with van der Waals surface area (Å²) in [5, 5.41) is 0. The van der Waals surface area contributed by atoms with Crippen LogP contribution in [0, 0.1) is 17.8 Å². The molecular weight excluding hydrogens is 338 g/mol. The second-order valence-corrected chi connectivity index (χ2v) is 8.83. The third-order valence-corrected chi connectivity index (χ3v) is 6.97. The Morgan fingerprint density at radius 3 is 2.04 bits per heavy atom. The maximum atomic E-state index is 12.3. The number of alkyl halides is 2. The van der Waals surface area contributed by atoms with Crippen LogP contribution < -0.4 is 0 Å². The van der Waals surface area contributed by atoms with Crippen LogP contribution in [-0.2, 0) is 6.42 Å². The molecule has 1 aromatic rings. The highest BCUT2D eigenvalue weighted by atomic mass is 19.3. The molecule has 0 aliphatic heterocycles. The Morgan fingerprint density at radius 2 is 1.48 bits per heavy atom. The van der Waals surface area contributed by atoms with Crippen molar-refractivity contribution < 1.29 is 8.78 Å². The molecule has 1 aromatic carbocycles. The summed E-state index contributed by atoms with van der Waals surface area (Å²) < 4.78 is 24.5. The van der Waals surface area contributed by atoms with Crippen LogP contribution in [0.25, 0.3) is 0 Å². The van der Waals surface area contributed by atoms with Crippen LogP contribution >= 0.6 is 0 Å². The van der Waals surface area contributed by atoms with E-state index in [1.807, 2.05) is 0 Å². The van der Waals surface area contributed by atoms with Crippen LogP contribution in [-0.4, -0.2) is 6.43 Å². The molecule has 0 atom stereocenters. The molecule has 27 heavy (non-hydrogen) atoms. The minimum atomic E-state index is -2.20. The summed E-state index contributed by atoms with van der Waals surface area (Å²) in [6.07, 6.45) is 14.3. The first-order valence-corrected chi connectivity index (χ1v) is 11.2. The number of rotatable bonds is 7. The van der Waals surface area contributed by atoms with E-state index in [2.05, 4.69) is 37.3 Å². The Labute approximate surface area is 164 Å². The van der Waals surface area contributed by atoms with E-state index in [4.69, 9.17) is 0 Å². The van der Waals surface area contributed by atoms with Crippen molar-refractivity contribution in [1.29, 1.82) is 0 Å². The third-order valence-electron chi connectivity index (χ3n) is 6.97. The Kier molecular flexibility index (Phi) is 7.91. The minimum Gasteiger partial charge on any atom is -0.210 e. The number of halogens is 2. The number of benzene rings is 1. The first kappa shape index (κ1) is 20.6. The van der Waals surface area contributed by atoms with Gasteiger partial charge >= 0.3 is 0 Å². The first-order chi connectivity index (χ1) is 13.2. The van der Waals surface area contributed by atoms with Gasteiger partial charge in [0.2, 0.25) is 6.43 Å². The fraction of sp³-hybridized carbons (Fsp3) is 0.680. The predicted molar refractivity (Wildman–Crippen MR) is 110 cm³/mol. The normalized spacial score (nSPS) is 29.5. The molecule has 0 bridgehead atoms. The molecule has 2 fully saturated rings.